The first-order valence-electron chi connectivity index (χ1n) is 13.0. The second-order valence-corrected chi connectivity index (χ2v) is 10.1. The molecule has 1 saturated heterocycles. The average Bonchev–Trinajstić information content (AvgIpc) is 2.88. The summed E-state index contributed by atoms with van der Waals surface area (Å²) in [6.07, 6.45) is 0.784. The Labute approximate surface area is 227 Å². The molecule has 0 radical (unpaired) electrons. The predicted molar refractivity (Wildman–Crippen MR) is 145 cm³/mol. The van der Waals surface area contributed by atoms with Crippen LogP contribution in [0.25, 0.3) is 0 Å². The van der Waals surface area contributed by atoms with Crippen molar-refractivity contribution in [2.75, 3.05) is 13.1 Å². The number of nitrogens with one attached hydrogen (secondary N) is 1. The highest BCUT2D eigenvalue weighted by molar-refractivity contribution is 6.00. The summed E-state index contributed by atoms with van der Waals surface area (Å²) in [5.74, 6) is -2.30. The zero-order chi connectivity index (χ0) is 28.1. The first-order chi connectivity index (χ1) is 18.6. The number of hydrogen-bond acceptors (Lipinski definition) is 9. The predicted octanol–water partition coefficient (Wildman–Crippen LogP) is 3.89. The van der Waals surface area contributed by atoms with Crippen molar-refractivity contribution >= 4 is 17.6 Å². The van der Waals surface area contributed by atoms with Gasteiger partial charge < -0.3 is 20.5 Å². The number of dihydropyridines is 1. The zero-order valence-corrected chi connectivity index (χ0v) is 22.4. The molecule has 0 spiro atoms. The lowest BCUT2D eigenvalue weighted by atomic mass is 9.81. The van der Waals surface area contributed by atoms with Crippen LogP contribution in [0.4, 0.5) is 5.69 Å². The number of ether oxygens (including phenoxy) is 2. The number of benzene rings is 2. The number of nitro benzene ring substituents is 1. The minimum atomic E-state index is -1.01. The van der Waals surface area contributed by atoms with Gasteiger partial charge in [-0.1, -0.05) is 42.5 Å². The normalized spacial score (nSPS) is 20.0. The highest BCUT2D eigenvalue weighted by Gasteiger charge is 2.40. The van der Waals surface area contributed by atoms with Gasteiger partial charge in [-0.25, -0.2) is 9.59 Å². The van der Waals surface area contributed by atoms with Gasteiger partial charge in [0.1, 0.15) is 11.9 Å². The molecule has 10 heteroatoms. The van der Waals surface area contributed by atoms with Gasteiger partial charge >= 0.3 is 11.9 Å². The Balaban J connectivity index is 1.63. The van der Waals surface area contributed by atoms with Gasteiger partial charge in [-0.05, 0) is 51.3 Å². The molecule has 2 aliphatic heterocycles. The molecule has 206 valence electrons. The molecule has 10 nitrogen and oxygen atoms in total. The van der Waals surface area contributed by atoms with E-state index in [-0.39, 0.29) is 28.8 Å². The van der Waals surface area contributed by atoms with E-state index in [0.29, 0.717) is 24.2 Å². The molecule has 1 fully saturated rings. The van der Waals surface area contributed by atoms with Crippen molar-refractivity contribution in [2.24, 2.45) is 5.73 Å². The third-order valence-electron chi connectivity index (χ3n) is 6.78. The maximum atomic E-state index is 13.8. The molecule has 0 aliphatic carbocycles. The molecule has 0 saturated carbocycles. The van der Waals surface area contributed by atoms with Gasteiger partial charge in [0.2, 0.25) is 0 Å². The smallest absolute Gasteiger partial charge is 0.338 e. The number of nitrogens with two attached hydrogens (primary N) is 1. The number of carbonyl (C=O) groups excluding carboxylic acids is 2. The summed E-state index contributed by atoms with van der Waals surface area (Å²) in [6, 6.07) is 15.9. The summed E-state index contributed by atoms with van der Waals surface area (Å²) >= 11 is 0. The fourth-order valence-corrected chi connectivity index (χ4v) is 5.09. The van der Waals surface area contributed by atoms with Crippen LogP contribution in [-0.2, 0) is 25.6 Å². The van der Waals surface area contributed by atoms with Crippen LogP contribution < -0.4 is 11.1 Å². The quantitative estimate of drug-likeness (QED) is 0.294. The van der Waals surface area contributed by atoms with Crippen LogP contribution in [0.5, 0.6) is 0 Å². The Hall–Kier alpha value is -4.18. The number of esters is 2. The van der Waals surface area contributed by atoms with Crippen molar-refractivity contribution in [3.63, 3.8) is 0 Å². The average molecular weight is 535 g/mol. The van der Waals surface area contributed by atoms with Gasteiger partial charge in [0.25, 0.3) is 5.69 Å². The summed E-state index contributed by atoms with van der Waals surface area (Å²) in [7, 11) is 0. The van der Waals surface area contributed by atoms with E-state index in [1.165, 1.54) is 23.8 Å². The summed E-state index contributed by atoms with van der Waals surface area (Å²) in [5.41, 5.74) is 8.21. The molecule has 2 unspecified atom stereocenters. The van der Waals surface area contributed by atoms with Crippen LogP contribution in [-0.4, -0.2) is 47.1 Å². The summed E-state index contributed by atoms with van der Waals surface area (Å²) in [5, 5.41) is 14.4. The number of nitrogens with zero attached hydrogens (tertiary/aromatic N) is 2. The van der Waals surface area contributed by atoms with E-state index < -0.39 is 28.9 Å². The van der Waals surface area contributed by atoms with E-state index in [9.17, 15) is 19.7 Å². The number of hydrogen-bond donors (Lipinski definition) is 2. The fourth-order valence-electron chi connectivity index (χ4n) is 5.09. The first-order valence-corrected chi connectivity index (χ1v) is 13.0. The number of nitro groups is 1. The van der Waals surface area contributed by atoms with Gasteiger partial charge in [0.15, 0.2) is 0 Å². The Bertz CT molecular complexity index is 1300. The van der Waals surface area contributed by atoms with E-state index in [1.54, 1.807) is 26.8 Å². The zero-order valence-electron chi connectivity index (χ0n) is 22.4. The van der Waals surface area contributed by atoms with Crippen molar-refractivity contribution in [1.82, 2.24) is 10.2 Å². The van der Waals surface area contributed by atoms with Crippen LogP contribution in [0.1, 0.15) is 50.7 Å². The lowest BCUT2D eigenvalue weighted by molar-refractivity contribution is -0.384. The number of likely N-dealkylation sites (tertiary alicyclic amines) is 1. The van der Waals surface area contributed by atoms with Crippen molar-refractivity contribution < 1.29 is 24.0 Å². The number of piperidine rings is 1. The van der Waals surface area contributed by atoms with Crippen LogP contribution in [0, 0.1) is 10.1 Å². The third kappa shape index (κ3) is 6.64. The monoisotopic (exact) mass is 534 g/mol. The topological polar surface area (TPSA) is 137 Å². The van der Waals surface area contributed by atoms with E-state index >= 15 is 0 Å². The van der Waals surface area contributed by atoms with Gasteiger partial charge in [-0.3, -0.25) is 15.0 Å². The Kier molecular flexibility index (Phi) is 8.65. The lowest BCUT2D eigenvalue weighted by Gasteiger charge is -2.34. The summed E-state index contributed by atoms with van der Waals surface area (Å²) in [4.78, 5) is 40.2. The number of allylic oxidation sites excluding steroid dienone is 1. The Morgan fingerprint density at radius 1 is 1.13 bits per heavy atom. The number of non-ortho nitro benzene ring substituents is 1. The van der Waals surface area contributed by atoms with Crippen molar-refractivity contribution in [3.8, 4) is 0 Å². The molecule has 39 heavy (non-hydrogen) atoms. The van der Waals surface area contributed by atoms with Crippen molar-refractivity contribution in [1.29, 1.82) is 0 Å². The largest absolute Gasteiger partial charge is 0.459 e. The molecule has 2 atom stereocenters. The van der Waals surface area contributed by atoms with E-state index in [2.05, 4.69) is 22.3 Å². The number of rotatable bonds is 8. The molecule has 2 heterocycles. The second-order valence-electron chi connectivity index (χ2n) is 10.1. The van der Waals surface area contributed by atoms with Crippen LogP contribution in [0.2, 0.25) is 0 Å². The van der Waals surface area contributed by atoms with Gasteiger partial charge in [-0.15, -0.1) is 0 Å². The summed E-state index contributed by atoms with van der Waals surface area (Å²) in [6.45, 7) is 7.29. The highest BCUT2D eigenvalue weighted by Crippen LogP contribution is 2.40. The SMILES string of the molecule is CC1=C(C(=O)OC2CCCN(Cc3ccccc3)C2)C(c2cccc([N+](=O)[O-])c2)C(C(=O)OC(C)C)=C(N)N1. The molecule has 0 aromatic heterocycles. The molecule has 0 bridgehead atoms. The van der Waals surface area contributed by atoms with E-state index in [1.807, 2.05) is 18.2 Å². The van der Waals surface area contributed by atoms with E-state index in [4.69, 9.17) is 15.2 Å². The molecule has 3 N–H and O–H groups in total. The molecular weight excluding hydrogens is 500 g/mol. The molecule has 2 aromatic carbocycles. The highest BCUT2D eigenvalue weighted by atomic mass is 16.6. The molecule has 2 aliphatic rings. The standard InChI is InChI=1S/C29H34N4O6/c1-18(2)38-29(35)26-25(21-11-7-12-22(15-21)33(36)37)24(19(3)31-27(26)30)28(34)39-23-13-8-14-32(17-23)16-20-9-5-4-6-10-20/h4-7,9-12,15,18,23,25,31H,8,13-14,16-17,30H2,1-3H3. The minimum absolute atomic E-state index is 0.0103. The third-order valence-corrected chi connectivity index (χ3v) is 6.78. The first kappa shape index (κ1) is 27.8. The minimum Gasteiger partial charge on any atom is -0.459 e. The van der Waals surface area contributed by atoms with Crippen LogP contribution in [0.3, 0.4) is 0 Å². The van der Waals surface area contributed by atoms with Gasteiger partial charge in [-0.2, -0.15) is 0 Å². The Morgan fingerprint density at radius 2 is 1.87 bits per heavy atom. The fraction of sp³-hybridized carbons (Fsp3) is 0.379. The van der Waals surface area contributed by atoms with E-state index in [0.717, 1.165) is 19.5 Å². The summed E-state index contributed by atoms with van der Waals surface area (Å²) < 4.78 is 11.5. The molecule has 0 amide bonds. The maximum Gasteiger partial charge on any atom is 0.338 e. The molecular formula is C29H34N4O6. The van der Waals surface area contributed by atoms with Crippen molar-refractivity contribution in [3.05, 3.63) is 98.5 Å². The van der Waals surface area contributed by atoms with Crippen molar-refractivity contribution in [2.45, 2.75) is 58.3 Å². The molecule has 4 rings (SSSR count). The number of carbonyl (C=O) groups is 2. The lowest BCUT2D eigenvalue weighted by Crippen LogP contribution is -2.42. The van der Waals surface area contributed by atoms with Crippen LogP contribution in [0.15, 0.2) is 77.3 Å². The van der Waals surface area contributed by atoms with Gasteiger partial charge in [0.05, 0.1) is 28.1 Å². The molecule has 2 aromatic rings. The van der Waals surface area contributed by atoms with Crippen LogP contribution >= 0.6 is 0 Å². The maximum absolute atomic E-state index is 13.8. The Morgan fingerprint density at radius 3 is 2.56 bits per heavy atom. The van der Waals surface area contributed by atoms with Gasteiger partial charge in [0, 0.05) is 30.9 Å². The second kappa shape index (κ2) is 12.1.